The molecule has 140 valence electrons. The van der Waals surface area contributed by atoms with Crippen molar-refractivity contribution in [2.45, 2.75) is 23.9 Å². The summed E-state index contributed by atoms with van der Waals surface area (Å²) in [6, 6.07) is 10.6. The number of hydrogen-bond donors (Lipinski definition) is 3. The van der Waals surface area contributed by atoms with E-state index in [1.54, 1.807) is 26.4 Å². The molecule has 1 aliphatic carbocycles. The van der Waals surface area contributed by atoms with Crippen LogP contribution in [-0.4, -0.2) is 30.8 Å². The predicted octanol–water partition coefficient (Wildman–Crippen LogP) is 3.31. The lowest BCUT2D eigenvalue weighted by molar-refractivity contribution is 0.0696. The van der Waals surface area contributed by atoms with Gasteiger partial charge in [-0.15, -0.1) is 0 Å². The molecule has 0 bridgehead atoms. The molecule has 6 heteroatoms. The van der Waals surface area contributed by atoms with Crippen LogP contribution in [0.4, 0.5) is 5.69 Å². The average Bonchev–Trinajstić information content (AvgIpc) is 3.09. The van der Waals surface area contributed by atoms with Gasteiger partial charge in [0, 0.05) is 17.2 Å². The molecule has 1 aliphatic heterocycles. The standard InChI is InChI=1S/C21H22N2O4/c1-26-13-6-8-18(27-2)15(11-13)19-21(22)9-3-4-16(21)14-10-12(20(24)25)5-7-17(14)23-19/h3-8,10-11,16,19,23H,9,22H2,1-2H3,(H,24,25)/t16-,19-,21?/m0/s1. The number of nitrogens with two attached hydrogens (primary N) is 1. The average molecular weight is 366 g/mol. The van der Waals surface area contributed by atoms with Crippen molar-refractivity contribution >= 4 is 11.7 Å². The summed E-state index contributed by atoms with van der Waals surface area (Å²) in [6.07, 6.45) is 4.81. The molecule has 2 aromatic carbocycles. The maximum Gasteiger partial charge on any atom is 0.335 e. The molecule has 0 radical (unpaired) electrons. The van der Waals surface area contributed by atoms with Crippen molar-refractivity contribution in [3.8, 4) is 11.5 Å². The van der Waals surface area contributed by atoms with E-state index in [0.29, 0.717) is 6.42 Å². The number of carboxylic acids is 1. The van der Waals surface area contributed by atoms with Crippen LogP contribution in [-0.2, 0) is 0 Å². The first-order valence-corrected chi connectivity index (χ1v) is 8.79. The van der Waals surface area contributed by atoms with Crippen molar-refractivity contribution in [2.24, 2.45) is 5.73 Å². The number of rotatable bonds is 4. The first-order chi connectivity index (χ1) is 13.0. The molecule has 0 aromatic heterocycles. The van der Waals surface area contributed by atoms with Gasteiger partial charge in [0.25, 0.3) is 0 Å². The van der Waals surface area contributed by atoms with Crippen molar-refractivity contribution in [2.75, 3.05) is 19.5 Å². The van der Waals surface area contributed by atoms with Crippen LogP contribution >= 0.6 is 0 Å². The summed E-state index contributed by atoms with van der Waals surface area (Å²) in [6.45, 7) is 0. The smallest absolute Gasteiger partial charge is 0.335 e. The fraction of sp³-hybridized carbons (Fsp3) is 0.286. The lowest BCUT2D eigenvalue weighted by atomic mass is 9.71. The number of ether oxygens (including phenoxy) is 2. The van der Waals surface area contributed by atoms with Crippen LogP contribution < -0.4 is 20.5 Å². The number of aromatic carboxylic acids is 1. The zero-order chi connectivity index (χ0) is 19.2. The number of carbonyl (C=O) groups is 1. The molecular weight excluding hydrogens is 344 g/mol. The molecule has 27 heavy (non-hydrogen) atoms. The third kappa shape index (κ3) is 2.64. The number of benzene rings is 2. The maximum atomic E-state index is 11.4. The van der Waals surface area contributed by atoms with E-state index in [4.69, 9.17) is 15.2 Å². The van der Waals surface area contributed by atoms with E-state index in [2.05, 4.69) is 17.5 Å². The van der Waals surface area contributed by atoms with E-state index in [9.17, 15) is 9.90 Å². The number of carboxylic acid groups (broad SMARTS) is 1. The maximum absolute atomic E-state index is 11.4. The van der Waals surface area contributed by atoms with Crippen molar-refractivity contribution in [3.05, 3.63) is 65.2 Å². The largest absolute Gasteiger partial charge is 0.497 e. The zero-order valence-corrected chi connectivity index (χ0v) is 15.2. The third-order valence-corrected chi connectivity index (χ3v) is 5.60. The third-order valence-electron chi connectivity index (χ3n) is 5.60. The highest BCUT2D eigenvalue weighted by Crippen LogP contribution is 2.53. The highest BCUT2D eigenvalue weighted by atomic mass is 16.5. The summed E-state index contributed by atoms with van der Waals surface area (Å²) in [4.78, 5) is 11.4. The van der Waals surface area contributed by atoms with Gasteiger partial charge in [-0.3, -0.25) is 0 Å². The molecule has 4 rings (SSSR count). The van der Waals surface area contributed by atoms with Gasteiger partial charge in [0.05, 0.1) is 31.4 Å². The number of methoxy groups -OCH3 is 2. The molecule has 4 N–H and O–H groups in total. The molecule has 2 aromatic rings. The zero-order valence-electron chi connectivity index (χ0n) is 15.2. The van der Waals surface area contributed by atoms with E-state index in [1.807, 2.05) is 24.3 Å². The van der Waals surface area contributed by atoms with Gasteiger partial charge in [0.2, 0.25) is 0 Å². The highest BCUT2D eigenvalue weighted by Gasteiger charge is 2.49. The van der Waals surface area contributed by atoms with Crippen LogP contribution in [0.5, 0.6) is 11.5 Å². The van der Waals surface area contributed by atoms with Crippen LogP contribution in [0.1, 0.15) is 39.9 Å². The Hall–Kier alpha value is -2.99. The van der Waals surface area contributed by atoms with E-state index in [-0.39, 0.29) is 17.5 Å². The Balaban J connectivity index is 1.86. The van der Waals surface area contributed by atoms with Gasteiger partial charge in [-0.1, -0.05) is 12.2 Å². The summed E-state index contributed by atoms with van der Waals surface area (Å²) in [5.74, 6) is 0.424. The molecule has 1 heterocycles. The van der Waals surface area contributed by atoms with Gasteiger partial charge in [0.1, 0.15) is 11.5 Å². The first kappa shape index (κ1) is 17.4. The molecule has 6 nitrogen and oxygen atoms in total. The molecule has 0 saturated heterocycles. The van der Waals surface area contributed by atoms with Crippen molar-refractivity contribution in [3.63, 3.8) is 0 Å². The van der Waals surface area contributed by atoms with Gasteiger partial charge in [-0.2, -0.15) is 0 Å². The second kappa shape index (κ2) is 6.32. The van der Waals surface area contributed by atoms with Gasteiger partial charge in [-0.05, 0) is 48.4 Å². The van der Waals surface area contributed by atoms with Gasteiger partial charge in [-0.25, -0.2) is 4.79 Å². The Morgan fingerprint density at radius 2 is 2.00 bits per heavy atom. The Bertz CT molecular complexity index is 940. The highest BCUT2D eigenvalue weighted by molar-refractivity contribution is 5.89. The van der Waals surface area contributed by atoms with Gasteiger partial charge < -0.3 is 25.6 Å². The van der Waals surface area contributed by atoms with E-state index in [1.165, 1.54) is 0 Å². The van der Waals surface area contributed by atoms with Crippen molar-refractivity contribution < 1.29 is 19.4 Å². The summed E-state index contributed by atoms with van der Waals surface area (Å²) in [5.41, 5.74) is 9.26. The quantitative estimate of drug-likeness (QED) is 0.719. The normalized spacial score (nSPS) is 25.3. The van der Waals surface area contributed by atoms with E-state index in [0.717, 1.165) is 28.3 Å². The van der Waals surface area contributed by atoms with E-state index < -0.39 is 11.5 Å². The van der Waals surface area contributed by atoms with Crippen LogP contribution in [0.2, 0.25) is 0 Å². The molecular formula is C21H22N2O4. The lowest BCUT2D eigenvalue weighted by Gasteiger charge is -2.45. The molecule has 3 atom stereocenters. The molecule has 0 saturated carbocycles. The van der Waals surface area contributed by atoms with Crippen molar-refractivity contribution in [1.29, 1.82) is 0 Å². The number of nitrogens with one attached hydrogen (secondary N) is 1. The Morgan fingerprint density at radius 3 is 2.70 bits per heavy atom. The fourth-order valence-corrected chi connectivity index (χ4v) is 4.21. The molecule has 0 spiro atoms. The van der Waals surface area contributed by atoms with Crippen molar-refractivity contribution in [1.82, 2.24) is 0 Å². The molecule has 2 aliphatic rings. The Morgan fingerprint density at radius 1 is 1.19 bits per heavy atom. The summed E-state index contributed by atoms with van der Waals surface area (Å²) in [7, 11) is 3.26. The van der Waals surface area contributed by atoms with E-state index >= 15 is 0 Å². The summed E-state index contributed by atoms with van der Waals surface area (Å²) >= 11 is 0. The van der Waals surface area contributed by atoms with Crippen LogP contribution in [0, 0.1) is 0 Å². The number of hydrogen-bond acceptors (Lipinski definition) is 5. The fourth-order valence-electron chi connectivity index (χ4n) is 4.21. The van der Waals surface area contributed by atoms with Gasteiger partial charge >= 0.3 is 5.97 Å². The minimum absolute atomic E-state index is 0.0889. The minimum Gasteiger partial charge on any atom is -0.497 e. The molecule has 0 amide bonds. The lowest BCUT2D eigenvalue weighted by Crippen LogP contribution is -2.53. The Labute approximate surface area is 157 Å². The number of anilines is 1. The summed E-state index contributed by atoms with van der Waals surface area (Å²) in [5, 5.41) is 12.9. The second-order valence-corrected chi connectivity index (χ2v) is 7.01. The van der Waals surface area contributed by atoms with Crippen LogP contribution in [0.15, 0.2) is 48.6 Å². The van der Waals surface area contributed by atoms with Crippen LogP contribution in [0.25, 0.3) is 0 Å². The topological polar surface area (TPSA) is 93.8 Å². The first-order valence-electron chi connectivity index (χ1n) is 8.79. The SMILES string of the molecule is COc1ccc(OC)c([C@@H]2Nc3ccc(C(=O)O)cc3[C@@H]3C=CCC32N)c1. The van der Waals surface area contributed by atoms with Gasteiger partial charge in [0.15, 0.2) is 0 Å². The van der Waals surface area contributed by atoms with Crippen LogP contribution in [0.3, 0.4) is 0 Å². The predicted molar refractivity (Wildman–Crippen MR) is 103 cm³/mol. The Kier molecular flexibility index (Phi) is 4.08. The number of fused-ring (bicyclic) bond motifs is 3. The second-order valence-electron chi connectivity index (χ2n) is 7.01. The minimum atomic E-state index is -0.945. The summed E-state index contributed by atoms with van der Waals surface area (Å²) < 4.78 is 11.0. The molecule has 0 fully saturated rings. The monoisotopic (exact) mass is 366 g/mol. The molecule has 1 unspecified atom stereocenters.